The summed E-state index contributed by atoms with van der Waals surface area (Å²) in [6.45, 7) is 4.92. The van der Waals surface area contributed by atoms with Crippen molar-refractivity contribution in [2.24, 2.45) is 5.92 Å². The summed E-state index contributed by atoms with van der Waals surface area (Å²) in [5, 5.41) is 4.12. The van der Waals surface area contributed by atoms with E-state index in [9.17, 15) is 4.79 Å². The van der Waals surface area contributed by atoms with Gasteiger partial charge in [-0.05, 0) is 51.4 Å². The Balaban J connectivity index is 1.99. The van der Waals surface area contributed by atoms with Crippen LogP contribution in [0.3, 0.4) is 0 Å². The second-order valence-electron chi connectivity index (χ2n) is 6.23. The number of nitrogens with one attached hydrogen (secondary N) is 1. The van der Waals surface area contributed by atoms with Crippen LogP contribution >= 0.6 is 15.9 Å². The molecular formula is C14H24BrNO2. The van der Waals surface area contributed by atoms with Crippen molar-refractivity contribution in [3.05, 3.63) is 0 Å². The summed E-state index contributed by atoms with van der Waals surface area (Å²) in [6, 6.07) is 0. The molecule has 1 heterocycles. The van der Waals surface area contributed by atoms with Crippen molar-refractivity contribution in [1.82, 2.24) is 5.32 Å². The van der Waals surface area contributed by atoms with Crippen LogP contribution in [0, 0.1) is 5.92 Å². The molecule has 0 aromatic rings. The molecule has 1 N–H and O–H groups in total. The molecule has 0 aromatic heterocycles. The van der Waals surface area contributed by atoms with E-state index < -0.39 is 5.60 Å². The van der Waals surface area contributed by atoms with E-state index in [1.54, 1.807) is 0 Å². The van der Waals surface area contributed by atoms with Gasteiger partial charge in [0, 0.05) is 17.5 Å². The number of carbonyl (C=O) groups excluding carboxylic acids is 1. The Morgan fingerprint density at radius 3 is 2.56 bits per heavy atom. The molecule has 1 aliphatic heterocycles. The lowest BCUT2D eigenvalue weighted by Gasteiger charge is -2.40. The van der Waals surface area contributed by atoms with Gasteiger partial charge >= 0.3 is 0 Å². The first-order valence-corrected chi connectivity index (χ1v) is 8.14. The Kier molecular flexibility index (Phi) is 4.37. The van der Waals surface area contributed by atoms with Gasteiger partial charge < -0.3 is 10.1 Å². The Hall–Kier alpha value is -0.0900. The average molecular weight is 318 g/mol. The van der Waals surface area contributed by atoms with Crippen molar-refractivity contribution in [2.75, 3.05) is 11.9 Å². The van der Waals surface area contributed by atoms with E-state index in [1.807, 2.05) is 6.92 Å². The molecule has 0 bridgehead atoms. The fourth-order valence-electron chi connectivity index (χ4n) is 2.94. The average Bonchev–Trinajstić information content (AvgIpc) is 2.81. The molecule has 1 unspecified atom stereocenters. The van der Waals surface area contributed by atoms with Crippen molar-refractivity contribution in [2.45, 2.75) is 63.5 Å². The maximum atomic E-state index is 12.4. The van der Waals surface area contributed by atoms with Gasteiger partial charge in [-0.1, -0.05) is 22.9 Å². The predicted octanol–water partition coefficient (Wildman–Crippen LogP) is 3.02. The van der Waals surface area contributed by atoms with Crippen LogP contribution < -0.4 is 5.32 Å². The fourth-order valence-corrected chi connectivity index (χ4v) is 3.64. The molecule has 3 nitrogen and oxygen atoms in total. The third-order valence-corrected chi connectivity index (χ3v) is 5.64. The number of alkyl halides is 1. The van der Waals surface area contributed by atoms with E-state index in [0.29, 0.717) is 6.61 Å². The van der Waals surface area contributed by atoms with E-state index in [2.05, 4.69) is 28.2 Å². The lowest BCUT2D eigenvalue weighted by Crippen LogP contribution is -2.57. The van der Waals surface area contributed by atoms with Crippen LogP contribution in [-0.2, 0) is 9.53 Å². The SMILES string of the molecule is CC1CCC(CBr)(NC(=O)C2(C)CCCO2)CC1. The summed E-state index contributed by atoms with van der Waals surface area (Å²) >= 11 is 3.59. The maximum absolute atomic E-state index is 12.4. The maximum Gasteiger partial charge on any atom is 0.252 e. The van der Waals surface area contributed by atoms with E-state index >= 15 is 0 Å². The van der Waals surface area contributed by atoms with Crippen LogP contribution in [-0.4, -0.2) is 29.0 Å². The van der Waals surface area contributed by atoms with Crippen molar-refractivity contribution >= 4 is 21.8 Å². The molecule has 0 aromatic carbocycles. The fraction of sp³-hybridized carbons (Fsp3) is 0.929. The molecule has 1 atom stereocenters. The molecule has 0 radical (unpaired) electrons. The standard InChI is InChI=1S/C14H24BrNO2/c1-11-4-7-14(10-15,8-5-11)16-12(17)13(2)6-3-9-18-13/h11H,3-10H2,1-2H3,(H,16,17). The van der Waals surface area contributed by atoms with Gasteiger partial charge in [-0.3, -0.25) is 4.79 Å². The molecule has 1 amide bonds. The van der Waals surface area contributed by atoms with Crippen molar-refractivity contribution < 1.29 is 9.53 Å². The van der Waals surface area contributed by atoms with Crippen LogP contribution in [0.15, 0.2) is 0 Å². The monoisotopic (exact) mass is 317 g/mol. The topological polar surface area (TPSA) is 38.3 Å². The zero-order valence-electron chi connectivity index (χ0n) is 11.4. The van der Waals surface area contributed by atoms with Gasteiger partial charge in [0.25, 0.3) is 5.91 Å². The summed E-state index contributed by atoms with van der Waals surface area (Å²) in [4.78, 5) is 12.4. The lowest BCUT2D eigenvalue weighted by atomic mass is 9.78. The predicted molar refractivity (Wildman–Crippen MR) is 75.9 cm³/mol. The quantitative estimate of drug-likeness (QED) is 0.813. The van der Waals surface area contributed by atoms with E-state index in [0.717, 1.165) is 36.9 Å². The highest BCUT2D eigenvalue weighted by Crippen LogP contribution is 2.34. The highest BCUT2D eigenvalue weighted by molar-refractivity contribution is 9.09. The zero-order chi connectivity index (χ0) is 13.2. The number of carbonyl (C=O) groups is 1. The molecule has 18 heavy (non-hydrogen) atoms. The third-order valence-electron chi connectivity index (χ3n) is 4.56. The summed E-state index contributed by atoms with van der Waals surface area (Å²) in [6.07, 6.45) is 6.37. The number of hydrogen-bond acceptors (Lipinski definition) is 2. The van der Waals surface area contributed by atoms with Crippen molar-refractivity contribution in [3.63, 3.8) is 0 Å². The molecule has 2 fully saturated rings. The Morgan fingerprint density at radius 2 is 2.06 bits per heavy atom. The van der Waals surface area contributed by atoms with Crippen LogP contribution in [0.5, 0.6) is 0 Å². The van der Waals surface area contributed by atoms with Gasteiger partial charge in [0.15, 0.2) is 0 Å². The van der Waals surface area contributed by atoms with Gasteiger partial charge in [-0.25, -0.2) is 0 Å². The highest BCUT2D eigenvalue weighted by Gasteiger charge is 2.42. The van der Waals surface area contributed by atoms with Gasteiger partial charge in [0.1, 0.15) is 5.60 Å². The van der Waals surface area contributed by atoms with Crippen molar-refractivity contribution in [3.8, 4) is 0 Å². The molecule has 1 saturated carbocycles. The first-order valence-electron chi connectivity index (χ1n) is 7.02. The summed E-state index contributed by atoms with van der Waals surface area (Å²) in [5.74, 6) is 0.862. The minimum Gasteiger partial charge on any atom is -0.365 e. The molecule has 2 rings (SSSR count). The Labute approximate surface area is 118 Å². The smallest absolute Gasteiger partial charge is 0.252 e. The van der Waals surface area contributed by atoms with E-state index in [4.69, 9.17) is 4.74 Å². The van der Waals surface area contributed by atoms with Crippen LogP contribution in [0.4, 0.5) is 0 Å². The molecule has 0 spiro atoms. The van der Waals surface area contributed by atoms with Gasteiger partial charge in [0.05, 0.1) is 0 Å². The largest absolute Gasteiger partial charge is 0.365 e. The zero-order valence-corrected chi connectivity index (χ0v) is 13.0. The van der Waals surface area contributed by atoms with E-state index in [1.165, 1.54) is 12.8 Å². The number of halogens is 1. The highest BCUT2D eigenvalue weighted by atomic mass is 79.9. The number of rotatable bonds is 3. The third kappa shape index (κ3) is 2.90. The first-order chi connectivity index (χ1) is 8.50. The van der Waals surface area contributed by atoms with Crippen LogP contribution in [0.1, 0.15) is 52.4 Å². The minimum absolute atomic E-state index is 0.0570. The second-order valence-corrected chi connectivity index (χ2v) is 6.79. The molecular weight excluding hydrogens is 294 g/mol. The summed E-state index contributed by atoms with van der Waals surface area (Å²) in [7, 11) is 0. The molecule has 2 aliphatic rings. The Bertz CT molecular complexity index is 305. The summed E-state index contributed by atoms with van der Waals surface area (Å²) < 4.78 is 5.63. The molecule has 1 aliphatic carbocycles. The Morgan fingerprint density at radius 1 is 1.39 bits per heavy atom. The first kappa shape index (κ1) is 14.3. The van der Waals surface area contributed by atoms with Gasteiger partial charge in [-0.15, -0.1) is 0 Å². The summed E-state index contributed by atoms with van der Waals surface area (Å²) in [5.41, 5.74) is -0.656. The number of ether oxygens (including phenoxy) is 1. The van der Waals surface area contributed by atoms with Gasteiger partial charge in [-0.2, -0.15) is 0 Å². The second kappa shape index (κ2) is 5.49. The van der Waals surface area contributed by atoms with E-state index in [-0.39, 0.29) is 11.4 Å². The number of amides is 1. The minimum atomic E-state index is -0.599. The molecule has 4 heteroatoms. The lowest BCUT2D eigenvalue weighted by molar-refractivity contribution is -0.141. The molecule has 1 saturated heterocycles. The van der Waals surface area contributed by atoms with Crippen LogP contribution in [0.2, 0.25) is 0 Å². The van der Waals surface area contributed by atoms with Gasteiger partial charge in [0.2, 0.25) is 0 Å². The van der Waals surface area contributed by atoms with Crippen molar-refractivity contribution in [1.29, 1.82) is 0 Å². The van der Waals surface area contributed by atoms with Crippen LogP contribution in [0.25, 0.3) is 0 Å². The molecule has 104 valence electrons. The normalized spacial score (nSPS) is 40.7. The number of hydrogen-bond donors (Lipinski definition) is 1.